The Morgan fingerprint density at radius 2 is 1.83 bits per heavy atom. The van der Waals surface area contributed by atoms with Gasteiger partial charge in [-0.15, -0.1) is 0 Å². The summed E-state index contributed by atoms with van der Waals surface area (Å²) < 4.78 is 12.2. The number of benzene rings is 2. The molecular formula is C21H21N5O3. The largest absolute Gasteiger partial charge is 0.497 e. The van der Waals surface area contributed by atoms with Crippen LogP contribution >= 0.6 is 0 Å². The Morgan fingerprint density at radius 3 is 2.55 bits per heavy atom. The summed E-state index contributed by atoms with van der Waals surface area (Å²) in [6, 6.07) is 16.5. The van der Waals surface area contributed by atoms with E-state index in [0.29, 0.717) is 23.4 Å². The van der Waals surface area contributed by atoms with Crippen LogP contribution in [-0.2, 0) is 0 Å². The maximum absolute atomic E-state index is 12.7. The molecule has 1 aliphatic rings. The molecule has 0 saturated carbocycles. The number of nitrogens with zero attached hydrogens (tertiary/aromatic N) is 3. The topological polar surface area (TPSA) is 89.8 Å². The number of nitrogens with one attached hydrogen (secondary N) is 2. The van der Waals surface area contributed by atoms with E-state index in [-0.39, 0.29) is 5.56 Å². The standard InChI is InChI=1S/C21H21N5O3/c1-13-12-18(27)26-19(16-6-4-5-7-17(16)29-3)24-20(25-21(26)22-13)23-14-8-10-15(28-2)11-9-14/h4-12,19H,1-3H3,(H2,22,23,24,25). The third-order valence-electron chi connectivity index (χ3n) is 4.58. The number of para-hydroxylation sites is 1. The predicted molar refractivity (Wildman–Crippen MR) is 112 cm³/mol. The summed E-state index contributed by atoms with van der Waals surface area (Å²) in [4.78, 5) is 22.0. The van der Waals surface area contributed by atoms with Gasteiger partial charge in [0.05, 0.1) is 14.2 Å². The Kier molecular flexibility index (Phi) is 4.90. The highest BCUT2D eigenvalue weighted by Gasteiger charge is 2.27. The fraction of sp³-hybridized carbons (Fsp3) is 0.190. The second-order valence-corrected chi connectivity index (χ2v) is 6.50. The molecule has 0 fully saturated rings. The number of ether oxygens (including phenoxy) is 2. The van der Waals surface area contributed by atoms with Gasteiger partial charge in [-0.05, 0) is 37.3 Å². The van der Waals surface area contributed by atoms with Crippen molar-refractivity contribution in [2.75, 3.05) is 24.9 Å². The first-order chi connectivity index (χ1) is 14.1. The van der Waals surface area contributed by atoms with E-state index in [1.165, 1.54) is 10.6 Å². The summed E-state index contributed by atoms with van der Waals surface area (Å²) in [5.74, 6) is 2.29. The molecule has 0 aliphatic carbocycles. The Hall–Kier alpha value is -3.81. The fourth-order valence-corrected chi connectivity index (χ4v) is 3.21. The van der Waals surface area contributed by atoms with Crippen LogP contribution < -0.4 is 25.7 Å². The van der Waals surface area contributed by atoms with Crippen molar-refractivity contribution >= 4 is 17.6 Å². The average Bonchev–Trinajstić information content (AvgIpc) is 2.73. The number of aromatic nitrogens is 2. The highest BCUT2D eigenvalue weighted by molar-refractivity contribution is 6.03. The molecule has 0 saturated heterocycles. The smallest absolute Gasteiger partial charge is 0.257 e. The van der Waals surface area contributed by atoms with Crippen LogP contribution in [0, 0.1) is 6.92 Å². The number of aliphatic imine (C=N–C) groups is 1. The number of anilines is 2. The summed E-state index contributed by atoms with van der Waals surface area (Å²) in [6.07, 6.45) is -0.622. The first kappa shape index (κ1) is 18.5. The molecule has 0 amide bonds. The number of aryl methyl sites for hydroxylation is 1. The van der Waals surface area contributed by atoms with Crippen LogP contribution in [0.2, 0.25) is 0 Å². The minimum Gasteiger partial charge on any atom is -0.497 e. The normalized spacial score (nSPS) is 15.0. The Bertz CT molecular complexity index is 1120. The van der Waals surface area contributed by atoms with Gasteiger partial charge in [0.25, 0.3) is 5.56 Å². The zero-order valence-corrected chi connectivity index (χ0v) is 16.3. The molecule has 0 bridgehead atoms. The molecule has 1 atom stereocenters. The molecule has 4 rings (SSSR count). The molecule has 0 spiro atoms. The van der Waals surface area contributed by atoms with Crippen molar-refractivity contribution < 1.29 is 9.47 Å². The van der Waals surface area contributed by atoms with Gasteiger partial charge < -0.3 is 14.8 Å². The summed E-state index contributed by atoms with van der Waals surface area (Å²) in [5.41, 5.74) is 2.01. The number of fused-ring (bicyclic) bond motifs is 1. The van der Waals surface area contributed by atoms with Crippen molar-refractivity contribution in [2.24, 2.45) is 4.99 Å². The van der Waals surface area contributed by atoms with E-state index in [1.54, 1.807) is 21.1 Å². The van der Waals surface area contributed by atoms with E-state index in [0.717, 1.165) is 17.0 Å². The molecule has 1 aliphatic heterocycles. The Balaban J connectivity index is 1.79. The number of guanidine groups is 1. The molecule has 2 N–H and O–H groups in total. The lowest BCUT2D eigenvalue weighted by Gasteiger charge is -2.27. The fourth-order valence-electron chi connectivity index (χ4n) is 3.21. The lowest BCUT2D eigenvalue weighted by atomic mass is 10.1. The van der Waals surface area contributed by atoms with Crippen LogP contribution in [0.3, 0.4) is 0 Å². The van der Waals surface area contributed by atoms with Crippen LogP contribution in [0.5, 0.6) is 11.5 Å². The van der Waals surface area contributed by atoms with Gasteiger partial charge in [-0.3, -0.25) is 14.7 Å². The summed E-state index contributed by atoms with van der Waals surface area (Å²) in [6.45, 7) is 1.78. The second-order valence-electron chi connectivity index (χ2n) is 6.50. The molecule has 1 unspecified atom stereocenters. The van der Waals surface area contributed by atoms with E-state index in [9.17, 15) is 4.79 Å². The molecule has 8 nitrogen and oxygen atoms in total. The molecule has 2 aromatic carbocycles. The van der Waals surface area contributed by atoms with Crippen LogP contribution in [0.1, 0.15) is 17.4 Å². The van der Waals surface area contributed by atoms with E-state index in [2.05, 4.69) is 15.6 Å². The molecule has 2 heterocycles. The van der Waals surface area contributed by atoms with Crippen molar-refractivity contribution in [3.8, 4) is 11.5 Å². The Morgan fingerprint density at radius 1 is 1.07 bits per heavy atom. The van der Waals surface area contributed by atoms with Crippen molar-refractivity contribution in [3.05, 3.63) is 76.2 Å². The van der Waals surface area contributed by atoms with Crippen LogP contribution in [0.15, 0.2) is 64.4 Å². The van der Waals surface area contributed by atoms with Gasteiger partial charge in [0.1, 0.15) is 11.5 Å². The van der Waals surface area contributed by atoms with E-state index in [1.807, 2.05) is 48.5 Å². The quantitative estimate of drug-likeness (QED) is 0.711. The van der Waals surface area contributed by atoms with E-state index >= 15 is 0 Å². The van der Waals surface area contributed by atoms with Gasteiger partial charge in [-0.1, -0.05) is 18.2 Å². The molecule has 148 valence electrons. The summed E-state index contributed by atoms with van der Waals surface area (Å²) in [5, 5.41) is 6.35. The SMILES string of the molecule is COc1ccc(NC2=NC(c3ccccc3OC)n3c(nc(C)cc3=O)N2)cc1. The lowest BCUT2D eigenvalue weighted by Crippen LogP contribution is -2.37. The third kappa shape index (κ3) is 3.64. The molecule has 3 aromatic rings. The summed E-state index contributed by atoms with van der Waals surface area (Å²) >= 11 is 0. The zero-order valence-electron chi connectivity index (χ0n) is 16.3. The molecule has 0 radical (unpaired) electrons. The molecular weight excluding hydrogens is 370 g/mol. The van der Waals surface area contributed by atoms with Crippen molar-refractivity contribution in [2.45, 2.75) is 13.1 Å². The number of hydrogen-bond donors (Lipinski definition) is 2. The number of methoxy groups -OCH3 is 2. The minimum atomic E-state index is -0.622. The highest BCUT2D eigenvalue weighted by atomic mass is 16.5. The van der Waals surface area contributed by atoms with E-state index in [4.69, 9.17) is 14.5 Å². The third-order valence-corrected chi connectivity index (χ3v) is 4.58. The maximum Gasteiger partial charge on any atom is 0.257 e. The van der Waals surface area contributed by atoms with Gasteiger partial charge in [0, 0.05) is 23.0 Å². The average molecular weight is 391 g/mol. The molecule has 8 heteroatoms. The monoisotopic (exact) mass is 391 g/mol. The predicted octanol–water partition coefficient (Wildman–Crippen LogP) is 3.01. The van der Waals surface area contributed by atoms with Gasteiger partial charge in [0.15, 0.2) is 6.17 Å². The number of hydrogen-bond acceptors (Lipinski definition) is 7. The zero-order chi connectivity index (χ0) is 20.4. The highest BCUT2D eigenvalue weighted by Crippen LogP contribution is 2.32. The van der Waals surface area contributed by atoms with E-state index < -0.39 is 6.17 Å². The second kappa shape index (κ2) is 7.67. The molecule has 29 heavy (non-hydrogen) atoms. The van der Waals surface area contributed by atoms with Crippen LogP contribution in [0.4, 0.5) is 11.6 Å². The first-order valence-corrected chi connectivity index (χ1v) is 9.08. The van der Waals surface area contributed by atoms with Crippen molar-refractivity contribution in [1.29, 1.82) is 0 Å². The Labute approximate surface area is 167 Å². The lowest BCUT2D eigenvalue weighted by molar-refractivity contribution is 0.401. The van der Waals surface area contributed by atoms with Crippen molar-refractivity contribution in [3.63, 3.8) is 0 Å². The van der Waals surface area contributed by atoms with Gasteiger partial charge in [-0.2, -0.15) is 0 Å². The van der Waals surface area contributed by atoms with Gasteiger partial charge >= 0.3 is 0 Å². The maximum atomic E-state index is 12.7. The van der Waals surface area contributed by atoms with Crippen LogP contribution in [0.25, 0.3) is 0 Å². The van der Waals surface area contributed by atoms with Crippen LogP contribution in [-0.4, -0.2) is 29.7 Å². The van der Waals surface area contributed by atoms with Gasteiger partial charge in [-0.25, -0.2) is 9.98 Å². The van der Waals surface area contributed by atoms with Gasteiger partial charge in [0.2, 0.25) is 11.9 Å². The van der Waals surface area contributed by atoms with Crippen molar-refractivity contribution in [1.82, 2.24) is 9.55 Å². The first-order valence-electron chi connectivity index (χ1n) is 9.08. The minimum absolute atomic E-state index is 0.192. The summed E-state index contributed by atoms with van der Waals surface area (Å²) in [7, 11) is 3.22. The number of rotatable bonds is 4. The molecule has 1 aromatic heterocycles.